The van der Waals surface area contributed by atoms with Crippen LogP contribution < -0.4 is 0 Å². The Bertz CT molecular complexity index is 153. The van der Waals surface area contributed by atoms with Crippen LogP contribution in [0.5, 0.6) is 0 Å². The van der Waals surface area contributed by atoms with Crippen molar-refractivity contribution in [1.82, 2.24) is 0 Å². The van der Waals surface area contributed by atoms with Crippen LogP contribution in [0.4, 0.5) is 0 Å². The molecule has 0 aromatic rings. The summed E-state index contributed by atoms with van der Waals surface area (Å²) >= 11 is 0. The van der Waals surface area contributed by atoms with E-state index in [-0.39, 0.29) is 0 Å². The first kappa shape index (κ1) is 12.4. The maximum Gasteiger partial charge on any atom is 0.303 e. The normalized spacial score (nSPS) is 11.6. The van der Waals surface area contributed by atoms with Crippen molar-refractivity contribution in [2.45, 2.75) is 33.1 Å². The molecule has 0 amide bonds. The highest BCUT2D eigenvalue weighted by molar-refractivity contribution is 5.66. The Morgan fingerprint density at radius 3 is 2.15 bits per heavy atom. The van der Waals surface area contributed by atoms with Crippen molar-refractivity contribution in [3.63, 3.8) is 0 Å². The fraction of sp³-hybridized carbons (Fsp3) is 0.900. The van der Waals surface area contributed by atoms with E-state index >= 15 is 0 Å². The molecule has 0 saturated heterocycles. The minimum Gasteiger partial charge on any atom is -0.481 e. The van der Waals surface area contributed by atoms with E-state index in [1.165, 1.54) is 0 Å². The molecule has 0 spiro atoms. The molecule has 0 atom stereocenters. The first-order valence-electron chi connectivity index (χ1n) is 5.09. The largest absolute Gasteiger partial charge is 0.481 e. The van der Waals surface area contributed by atoms with Crippen LogP contribution in [0.25, 0.3) is 0 Å². The first-order valence-corrected chi connectivity index (χ1v) is 5.09. The van der Waals surface area contributed by atoms with E-state index in [4.69, 9.17) is 5.11 Å². The molecule has 0 aliphatic carbocycles. The molecule has 0 unspecified atom stereocenters. The van der Waals surface area contributed by atoms with Crippen LogP contribution in [0.3, 0.4) is 0 Å². The lowest BCUT2D eigenvalue weighted by Gasteiger charge is -2.32. The van der Waals surface area contributed by atoms with Crippen LogP contribution >= 0.6 is 0 Å². The molecule has 0 radical (unpaired) electrons. The predicted octanol–water partition coefficient (Wildman–Crippen LogP) is 1.73. The van der Waals surface area contributed by atoms with E-state index in [1.807, 2.05) is 0 Å². The third kappa shape index (κ3) is 5.64. The number of aliphatic carboxylic acids is 1. The van der Waals surface area contributed by atoms with Crippen molar-refractivity contribution in [3.05, 3.63) is 0 Å². The summed E-state index contributed by atoms with van der Waals surface area (Å²) in [7, 11) is 2.22. The van der Waals surface area contributed by atoms with Crippen LogP contribution in [0.1, 0.15) is 33.1 Å². The predicted molar refractivity (Wildman–Crippen MR) is 53.6 cm³/mol. The number of rotatable bonds is 7. The summed E-state index contributed by atoms with van der Waals surface area (Å²) in [5.74, 6) is -0.679. The van der Waals surface area contributed by atoms with Gasteiger partial charge in [0.1, 0.15) is 0 Å². The van der Waals surface area contributed by atoms with Gasteiger partial charge < -0.3 is 9.59 Å². The first-order chi connectivity index (χ1) is 6.04. The van der Waals surface area contributed by atoms with Gasteiger partial charge in [-0.2, -0.15) is 0 Å². The summed E-state index contributed by atoms with van der Waals surface area (Å²) in [6, 6.07) is 0. The second-order valence-electron chi connectivity index (χ2n) is 3.83. The van der Waals surface area contributed by atoms with Crippen molar-refractivity contribution in [2.75, 3.05) is 26.7 Å². The average molecular weight is 188 g/mol. The quantitative estimate of drug-likeness (QED) is 0.488. The zero-order valence-electron chi connectivity index (χ0n) is 9.05. The molecule has 0 heterocycles. The van der Waals surface area contributed by atoms with Crippen LogP contribution in [-0.4, -0.2) is 42.2 Å². The molecule has 13 heavy (non-hydrogen) atoms. The molecule has 0 aliphatic heterocycles. The molecule has 3 heteroatoms. The lowest BCUT2D eigenvalue weighted by atomic mass is 10.2. The Morgan fingerprint density at radius 1 is 1.23 bits per heavy atom. The van der Waals surface area contributed by atoms with Gasteiger partial charge in [0, 0.05) is 6.42 Å². The smallest absolute Gasteiger partial charge is 0.303 e. The van der Waals surface area contributed by atoms with Gasteiger partial charge in [-0.05, 0) is 26.7 Å². The molecule has 0 aliphatic rings. The monoisotopic (exact) mass is 188 g/mol. The minimum absolute atomic E-state index is 0.313. The number of carboxylic acids is 1. The van der Waals surface area contributed by atoms with E-state index in [0.717, 1.165) is 37.0 Å². The zero-order valence-corrected chi connectivity index (χ0v) is 9.05. The van der Waals surface area contributed by atoms with Gasteiger partial charge in [-0.3, -0.25) is 4.79 Å². The molecule has 0 bridgehead atoms. The van der Waals surface area contributed by atoms with Gasteiger partial charge in [0.25, 0.3) is 0 Å². The highest BCUT2D eigenvalue weighted by atomic mass is 16.4. The maximum absolute atomic E-state index is 10.3. The second-order valence-corrected chi connectivity index (χ2v) is 3.83. The maximum atomic E-state index is 10.3. The Kier molecular flexibility index (Phi) is 5.71. The van der Waals surface area contributed by atoms with E-state index in [1.54, 1.807) is 0 Å². The van der Waals surface area contributed by atoms with Gasteiger partial charge in [-0.25, -0.2) is 0 Å². The highest BCUT2D eigenvalue weighted by Gasteiger charge is 2.15. The van der Waals surface area contributed by atoms with Gasteiger partial charge in [0.2, 0.25) is 0 Å². The molecular weight excluding hydrogens is 166 g/mol. The molecule has 0 aromatic heterocycles. The topological polar surface area (TPSA) is 37.3 Å². The van der Waals surface area contributed by atoms with Crippen molar-refractivity contribution in [1.29, 1.82) is 0 Å². The van der Waals surface area contributed by atoms with Gasteiger partial charge in [0.15, 0.2) is 0 Å². The van der Waals surface area contributed by atoms with Gasteiger partial charge >= 0.3 is 5.97 Å². The zero-order chi connectivity index (χ0) is 10.3. The van der Waals surface area contributed by atoms with Crippen LogP contribution in [-0.2, 0) is 4.79 Å². The van der Waals surface area contributed by atoms with Gasteiger partial charge in [-0.1, -0.05) is 0 Å². The molecule has 0 aromatic carbocycles. The SMILES string of the molecule is CC[N+](C)(CC)CCCCC(=O)O. The number of hydrogen-bond donors (Lipinski definition) is 1. The Labute approximate surface area is 80.9 Å². The number of carboxylic acid groups (broad SMARTS) is 1. The number of carbonyl (C=O) groups is 1. The lowest BCUT2D eigenvalue weighted by Crippen LogP contribution is -2.44. The fourth-order valence-electron chi connectivity index (χ4n) is 1.31. The second kappa shape index (κ2) is 5.97. The summed E-state index contributed by atoms with van der Waals surface area (Å²) in [6.07, 6.45) is 2.14. The highest BCUT2D eigenvalue weighted by Crippen LogP contribution is 2.05. The molecule has 0 fully saturated rings. The summed E-state index contributed by atoms with van der Waals surface area (Å²) in [5, 5.41) is 8.45. The standard InChI is InChI=1S/C10H21NO2/c1-4-11(3,5-2)9-7-6-8-10(12)13/h4-9H2,1-3H3/p+1. The van der Waals surface area contributed by atoms with Crippen molar-refractivity contribution >= 4 is 5.97 Å². The third-order valence-corrected chi connectivity index (χ3v) is 2.87. The summed E-state index contributed by atoms with van der Waals surface area (Å²) in [6.45, 7) is 7.72. The molecule has 1 N–H and O–H groups in total. The molecule has 78 valence electrons. The Morgan fingerprint density at radius 2 is 1.77 bits per heavy atom. The average Bonchev–Trinajstić information content (AvgIpc) is 2.12. The molecular formula is C10H22NO2+. The summed E-state index contributed by atoms with van der Waals surface area (Å²) in [5.41, 5.74) is 0. The van der Waals surface area contributed by atoms with Crippen LogP contribution in [0, 0.1) is 0 Å². The number of nitrogens with zero attached hydrogens (tertiary/aromatic N) is 1. The van der Waals surface area contributed by atoms with Gasteiger partial charge in [-0.15, -0.1) is 0 Å². The van der Waals surface area contributed by atoms with E-state index in [0.29, 0.717) is 6.42 Å². The van der Waals surface area contributed by atoms with Gasteiger partial charge in [0.05, 0.1) is 26.7 Å². The third-order valence-electron chi connectivity index (χ3n) is 2.87. The van der Waals surface area contributed by atoms with E-state index in [9.17, 15) is 4.79 Å². The molecule has 0 rings (SSSR count). The Balaban J connectivity index is 3.55. The summed E-state index contributed by atoms with van der Waals surface area (Å²) < 4.78 is 1.06. The van der Waals surface area contributed by atoms with Crippen LogP contribution in [0.15, 0.2) is 0 Å². The minimum atomic E-state index is -0.679. The number of quaternary nitrogens is 1. The fourth-order valence-corrected chi connectivity index (χ4v) is 1.31. The number of unbranched alkanes of at least 4 members (excludes halogenated alkanes) is 1. The lowest BCUT2D eigenvalue weighted by molar-refractivity contribution is -0.906. The van der Waals surface area contributed by atoms with E-state index < -0.39 is 5.97 Å². The number of hydrogen-bond acceptors (Lipinski definition) is 1. The van der Waals surface area contributed by atoms with Crippen molar-refractivity contribution in [2.24, 2.45) is 0 Å². The van der Waals surface area contributed by atoms with Crippen LogP contribution in [0.2, 0.25) is 0 Å². The molecule has 3 nitrogen and oxygen atoms in total. The summed E-state index contributed by atoms with van der Waals surface area (Å²) in [4.78, 5) is 10.3. The van der Waals surface area contributed by atoms with Crippen molar-refractivity contribution < 1.29 is 14.4 Å². The van der Waals surface area contributed by atoms with E-state index in [2.05, 4.69) is 20.9 Å². The Hall–Kier alpha value is -0.570. The van der Waals surface area contributed by atoms with Crippen molar-refractivity contribution in [3.8, 4) is 0 Å². The molecule has 0 saturated carbocycles.